The normalized spacial score (nSPS) is 10.2. The van der Waals surface area contributed by atoms with E-state index in [0.717, 1.165) is 12.0 Å². The van der Waals surface area contributed by atoms with Crippen molar-refractivity contribution in [2.24, 2.45) is 0 Å². The van der Waals surface area contributed by atoms with Gasteiger partial charge in [0.15, 0.2) is 10.9 Å². The van der Waals surface area contributed by atoms with Crippen molar-refractivity contribution in [1.29, 1.82) is 0 Å². The van der Waals surface area contributed by atoms with Crippen LogP contribution in [0.5, 0.6) is 5.75 Å². The molecule has 3 N–H and O–H groups in total. The summed E-state index contributed by atoms with van der Waals surface area (Å²) < 4.78 is 0. The van der Waals surface area contributed by atoms with Gasteiger partial charge in [0.1, 0.15) is 0 Å². The van der Waals surface area contributed by atoms with Gasteiger partial charge in [-0.25, -0.2) is 0 Å². The van der Waals surface area contributed by atoms with Crippen LogP contribution in [0.25, 0.3) is 0 Å². The van der Waals surface area contributed by atoms with E-state index < -0.39 is 0 Å². The number of rotatable bonds is 3. The predicted molar refractivity (Wildman–Crippen MR) is 97.6 cm³/mol. The standard InChI is InChI=1S/C16H14Cl2N2O2S/c1-2-9-3-5-10(6-4-9)15(22)20-16(23)19-13-8-11(17)7-12(18)14(13)21/h3-8,21H,2H2,1H3,(H2,19,20,22,23). The van der Waals surface area contributed by atoms with Gasteiger partial charge in [0.05, 0.1) is 10.7 Å². The quantitative estimate of drug-likeness (QED) is 0.555. The first-order valence-corrected chi connectivity index (χ1v) is 7.96. The van der Waals surface area contributed by atoms with Crippen LogP contribution in [0, 0.1) is 0 Å². The zero-order valence-electron chi connectivity index (χ0n) is 12.2. The van der Waals surface area contributed by atoms with Crippen molar-refractivity contribution in [1.82, 2.24) is 5.32 Å². The van der Waals surface area contributed by atoms with Gasteiger partial charge in [-0.3, -0.25) is 10.1 Å². The fourth-order valence-corrected chi connectivity index (χ4v) is 2.58. The molecule has 0 aliphatic heterocycles. The highest BCUT2D eigenvalue weighted by Gasteiger charge is 2.12. The van der Waals surface area contributed by atoms with Crippen LogP contribution in [-0.4, -0.2) is 16.1 Å². The van der Waals surface area contributed by atoms with Crippen molar-refractivity contribution in [3.8, 4) is 5.75 Å². The summed E-state index contributed by atoms with van der Waals surface area (Å²) in [5.41, 5.74) is 1.84. The van der Waals surface area contributed by atoms with Crippen LogP contribution >= 0.6 is 35.4 Å². The molecule has 0 fully saturated rings. The number of phenols is 1. The Morgan fingerprint density at radius 3 is 2.48 bits per heavy atom. The number of hydrogen-bond acceptors (Lipinski definition) is 3. The van der Waals surface area contributed by atoms with Gasteiger partial charge in [-0.2, -0.15) is 0 Å². The predicted octanol–water partition coefficient (Wildman–Crippen LogP) is 4.39. The van der Waals surface area contributed by atoms with Gasteiger partial charge in [0.25, 0.3) is 5.91 Å². The number of nitrogens with one attached hydrogen (secondary N) is 2. The highest BCUT2D eigenvalue weighted by Crippen LogP contribution is 2.34. The molecule has 0 saturated carbocycles. The van der Waals surface area contributed by atoms with Crippen molar-refractivity contribution in [2.45, 2.75) is 13.3 Å². The molecule has 0 radical (unpaired) electrons. The van der Waals surface area contributed by atoms with Gasteiger partial charge in [-0.1, -0.05) is 42.3 Å². The Bertz CT molecular complexity index is 748. The summed E-state index contributed by atoms with van der Waals surface area (Å²) in [7, 11) is 0. The molecule has 0 spiro atoms. The van der Waals surface area contributed by atoms with E-state index in [1.54, 1.807) is 12.1 Å². The number of amides is 1. The molecule has 120 valence electrons. The molecule has 4 nitrogen and oxygen atoms in total. The molecule has 0 saturated heterocycles. The van der Waals surface area contributed by atoms with Gasteiger partial charge in [-0.05, 0) is 48.5 Å². The molecule has 7 heteroatoms. The SMILES string of the molecule is CCc1ccc(C(=O)NC(=S)Nc2cc(Cl)cc(Cl)c2O)cc1. The number of carbonyl (C=O) groups is 1. The molecule has 0 aliphatic rings. The maximum atomic E-state index is 12.1. The van der Waals surface area contributed by atoms with E-state index in [0.29, 0.717) is 10.6 Å². The van der Waals surface area contributed by atoms with Gasteiger partial charge in [0, 0.05) is 10.6 Å². The molecule has 0 unspecified atom stereocenters. The zero-order chi connectivity index (χ0) is 17.0. The monoisotopic (exact) mass is 368 g/mol. The number of aromatic hydroxyl groups is 1. The van der Waals surface area contributed by atoms with Crippen LogP contribution in [0.15, 0.2) is 36.4 Å². The average molecular weight is 369 g/mol. The van der Waals surface area contributed by atoms with Crippen LogP contribution in [-0.2, 0) is 6.42 Å². The third kappa shape index (κ3) is 4.58. The Balaban J connectivity index is 2.05. The van der Waals surface area contributed by atoms with E-state index >= 15 is 0 Å². The minimum atomic E-state index is -0.349. The van der Waals surface area contributed by atoms with E-state index in [1.807, 2.05) is 19.1 Å². The summed E-state index contributed by atoms with van der Waals surface area (Å²) in [6, 6.07) is 10.1. The Hall–Kier alpha value is -1.82. The zero-order valence-corrected chi connectivity index (χ0v) is 14.5. The molecule has 0 aliphatic carbocycles. The Kier molecular flexibility index (Phi) is 5.82. The average Bonchev–Trinajstić information content (AvgIpc) is 2.52. The molecule has 0 atom stereocenters. The first-order chi connectivity index (χ1) is 10.9. The third-order valence-corrected chi connectivity index (χ3v) is 3.84. The van der Waals surface area contributed by atoms with Crippen molar-refractivity contribution >= 4 is 52.1 Å². The maximum Gasteiger partial charge on any atom is 0.257 e. The van der Waals surface area contributed by atoms with Crippen molar-refractivity contribution in [2.75, 3.05) is 5.32 Å². The minimum absolute atomic E-state index is 0.0307. The lowest BCUT2D eigenvalue weighted by atomic mass is 10.1. The number of carbonyl (C=O) groups excluding carboxylic acids is 1. The third-order valence-electron chi connectivity index (χ3n) is 3.13. The van der Waals surface area contributed by atoms with Gasteiger partial charge in [0.2, 0.25) is 0 Å². The number of thiocarbonyl (C=S) groups is 1. The molecule has 2 aromatic carbocycles. The second kappa shape index (κ2) is 7.64. The van der Waals surface area contributed by atoms with Crippen LogP contribution in [0.4, 0.5) is 5.69 Å². The number of aryl methyl sites for hydroxylation is 1. The molecular formula is C16H14Cl2N2O2S. The summed E-state index contributed by atoms with van der Waals surface area (Å²) in [6.45, 7) is 2.04. The van der Waals surface area contributed by atoms with Crippen LogP contribution in [0.2, 0.25) is 10.0 Å². The molecule has 0 bridgehead atoms. The smallest absolute Gasteiger partial charge is 0.257 e. The van der Waals surface area contributed by atoms with E-state index in [1.165, 1.54) is 12.1 Å². The van der Waals surface area contributed by atoms with Crippen molar-refractivity contribution in [3.05, 3.63) is 57.6 Å². The van der Waals surface area contributed by atoms with Gasteiger partial charge in [-0.15, -0.1) is 0 Å². The fourth-order valence-electron chi connectivity index (χ4n) is 1.88. The number of halogens is 2. The second-order valence-corrected chi connectivity index (χ2v) is 5.99. The lowest BCUT2D eigenvalue weighted by molar-refractivity contribution is 0.0977. The first-order valence-electron chi connectivity index (χ1n) is 6.80. The number of hydrogen-bond donors (Lipinski definition) is 3. The molecule has 1 amide bonds. The highest BCUT2D eigenvalue weighted by atomic mass is 35.5. The van der Waals surface area contributed by atoms with E-state index in [9.17, 15) is 9.90 Å². The second-order valence-electron chi connectivity index (χ2n) is 4.74. The van der Waals surface area contributed by atoms with Crippen molar-refractivity contribution in [3.63, 3.8) is 0 Å². The lowest BCUT2D eigenvalue weighted by Crippen LogP contribution is -2.34. The van der Waals surface area contributed by atoms with E-state index in [-0.39, 0.29) is 27.5 Å². The Labute approximate surface area is 149 Å². The fraction of sp³-hybridized carbons (Fsp3) is 0.125. The van der Waals surface area contributed by atoms with Crippen molar-refractivity contribution < 1.29 is 9.90 Å². The largest absolute Gasteiger partial charge is 0.504 e. The molecule has 23 heavy (non-hydrogen) atoms. The molecular weight excluding hydrogens is 355 g/mol. The topological polar surface area (TPSA) is 61.4 Å². The summed E-state index contributed by atoms with van der Waals surface area (Å²) in [5.74, 6) is -0.544. The van der Waals surface area contributed by atoms with Gasteiger partial charge >= 0.3 is 0 Å². The molecule has 0 aromatic heterocycles. The summed E-state index contributed by atoms with van der Waals surface area (Å²) in [6.07, 6.45) is 0.899. The van der Waals surface area contributed by atoms with Crippen LogP contribution < -0.4 is 10.6 Å². The van der Waals surface area contributed by atoms with Gasteiger partial charge < -0.3 is 10.4 Å². The minimum Gasteiger partial charge on any atom is -0.504 e. The first kappa shape index (κ1) is 17.5. The highest BCUT2D eigenvalue weighted by molar-refractivity contribution is 7.80. The van der Waals surface area contributed by atoms with E-state index in [2.05, 4.69) is 10.6 Å². The van der Waals surface area contributed by atoms with Crippen LogP contribution in [0.3, 0.4) is 0 Å². The molecule has 0 heterocycles. The van der Waals surface area contributed by atoms with Crippen LogP contribution in [0.1, 0.15) is 22.8 Å². The molecule has 2 rings (SSSR count). The Morgan fingerprint density at radius 2 is 1.87 bits per heavy atom. The number of phenolic OH excluding ortho intramolecular Hbond substituents is 1. The maximum absolute atomic E-state index is 12.1. The summed E-state index contributed by atoms with van der Waals surface area (Å²) in [5, 5.41) is 15.5. The molecule has 2 aromatic rings. The van der Waals surface area contributed by atoms with E-state index in [4.69, 9.17) is 35.4 Å². The number of benzene rings is 2. The Morgan fingerprint density at radius 1 is 1.22 bits per heavy atom. The summed E-state index contributed by atoms with van der Waals surface area (Å²) in [4.78, 5) is 12.1. The summed E-state index contributed by atoms with van der Waals surface area (Å²) >= 11 is 16.8. The number of anilines is 1. The lowest BCUT2D eigenvalue weighted by Gasteiger charge is -2.12.